The summed E-state index contributed by atoms with van der Waals surface area (Å²) in [7, 11) is 1.64. The number of hydrogen-bond acceptors (Lipinski definition) is 4. The number of aromatic nitrogens is 2. The van der Waals surface area contributed by atoms with E-state index in [2.05, 4.69) is 22.5 Å². The fourth-order valence-electron chi connectivity index (χ4n) is 3.87. The highest BCUT2D eigenvalue weighted by atomic mass is 35.5. The zero-order valence-electron chi connectivity index (χ0n) is 16.2. The lowest BCUT2D eigenvalue weighted by atomic mass is 9.98. The zero-order valence-corrected chi connectivity index (χ0v) is 17.0. The molecule has 1 aromatic heterocycles. The molecule has 0 bridgehead atoms. The van der Waals surface area contributed by atoms with E-state index >= 15 is 0 Å². The van der Waals surface area contributed by atoms with Gasteiger partial charge in [0.05, 0.1) is 18.7 Å². The van der Waals surface area contributed by atoms with Crippen LogP contribution >= 0.6 is 11.6 Å². The number of carboxylic acid groups (broad SMARTS) is 1. The first kappa shape index (κ1) is 20.0. The van der Waals surface area contributed by atoms with Gasteiger partial charge in [-0.25, -0.2) is 4.79 Å². The largest absolute Gasteiger partial charge is 0.481 e. The molecule has 3 aromatic rings. The Balaban J connectivity index is 1.49. The average molecular weight is 426 g/mol. The molecule has 8 heteroatoms. The molecule has 1 aliphatic carbocycles. The lowest BCUT2D eigenvalue weighted by molar-refractivity contribution is -0.137. The van der Waals surface area contributed by atoms with Gasteiger partial charge in [0.25, 0.3) is 0 Å². The van der Waals surface area contributed by atoms with E-state index in [1.54, 1.807) is 7.05 Å². The summed E-state index contributed by atoms with van der Waals surface area (Å²) in [5, 5.41) is 16.1. The molecule has 1 aliphatic rings. The Morgan fingerprint density at radius 2 is 1.77 bits per heavy atom. The van der Waals surface area contributed by atoms with Crippen molar-refractivity contribution in [3.8, 4) is 11.1 Å². The number of aryl methyl sites for hydroxylation is 1. The summed E-state index contributed by atoms with van der Waals surface area (Å²) >= 11 is 6.18. The second kappa shape index (κ2) is 8.20. The fraction of sp³-hybridized carbons (Fsp3) is 0.227. The molecule has 2 N–H and O–H groups in total. The van der Waals surface area contributed by atoms with Gasteiger partial charge >= 0.3 is 12.1 Å². The Hall–Kier alpha value is -3.32. The lowest BCUT2D eigenvalue weighted by Gasteiger charge is -2.18. The standard InChI is InChI=1S/C22H20ClN3O4/c1-26-21(23)17(11-24-26)19(10-20(27)28)25-22(29)30-12-18-15-8-4-2-6-13(15)14-7-3-5-9-16(14)18/h2-9,11,18-19H,10,12H2,1H3,(H,25,29)(H,27,28)/t19-/m1/s1. The summed E-state index contributed by atoms with van der Waals surface area (Å²) in [4.78, 5) is 23.8. The number of nitrogens with one attached hydrogen (secondary N) is 1. The van der Waals surface area contributed by atoms with Crippen LogP contribution in [0.15, 0.2) is 54.7 Å². The molecule has 30 heavy (non-hydrogen) atoms. The predicted molar refractivity (Wildman–Crippen MR) is 111 cm³/mol. The summed E-state index contributed by atoms with van der Waals surface area (Å²) in [6.45, 7) is 0.139. The quantitative estimate of drug-likeness (QED) is 0.619. The number of alkyl carbamates (subject to hydrolysis) is 1. The van der Waals surface area contributed by atoms with E-state index in [-0.39, 0.29) is 24.1 Å². The molecule has 0 saturated carbocycles. The second-order valence-electron chi connectivity index (χ2n) is 7.13. The molecule has 0 spiro atoms. The minimum Gasteiger partial charge on any atom is -0.481 e. The Morgan fingerprint density at radius 1 is 1.17 bits per heavy atom. The van der Waals surface area contributed by atoms with Gasteiger partial charge < -0.3 is 15.2 Å². The normalized spacial score (nSPS) is 13.4. The topological polar surface area (TPSA) is 93.5 Å². The van der Waals surface area contributed by atoms with E-state index in [1.807, 2.05) is 36.4 Å². The van der Waals surface area contributed by atoms with Crippen molar-refractivity contribution in [2.24, 2.45) is 7.05 Å². The van der Waals surface area contributed by atoms with Gasteiger partial charge in [-0.2, -0.15) is 5.10 Å². The number of carbonyl (C=O) groups excluding carboxylic acids is 1. The fourth-order valence-corrected chi connectivity index (χ4v) is 4.09. The predicted octanol–water partition coefficient (Wildman–Crippen LogP) is 4.13. The molecule has 1 amide bonds. The Bertz CT molecular complexity index is 1070. The van der Waals surface area contributed by atoms with Gasteiger partial charge in [-0.1, -0.05) is 60.1 Å². The van der Waals surface area contributed by atoms with E-state index in [1.165, 1.54) is 10.9 Å². The highest BCUT2D eigenvalue weighted by molar-refractivity contribution is 6.30. The Morgan fingerprint density at radius 3 is 2.30 bits per heavy atom. The van der Waals surface area contributed by atoms with E-state index in [0.29, 0.717) is 5.56 Å². The minimum atomic E-state index is -1.07. The number of fused-ring (bicyclic) bond motifs is 3. The summed E-state index contributed by atoms with van der Waals surface area (Å²) in [5.41, 5.74) is 4.89. The lowest BCUT2D eigenvalue weighted by Crippen LogP contribution is -2.31. The molecular formula is C22H20ClN3O4. The Labute approximate surface area is 178 Å². The van der Waals surface area contributed by atoms with Crippen LogP contribution in [0.3, 0.4) is 0 Å². The second-order valence-corrected chi connectivity index (χ2v) is 7.49. The van der Waals surface area contributed by atoms with Gasteiger partial charge in [0.15, 0.2) is 0 Å². The number of ether oxygens (including phenoxy) is 1. The summed E-state index contributed by atoms with van der Waals surface area (Å²) < 4.78 is 6.91. The average Bonchev–Trinajstić information content (AvgIpc) is 3.23. The van der Waals surface area contributed by atoms with E-state index in [9.17, 15) is 14.7 Å². The van der Waals surface area contributed by atoms with Crippen molar-refractivity contribution in [2.75, 3.05) is 6.61 Å². The first-order valence-electron chi connectivity index (χ1n) is 9.46. The number of carbonyl (C=O) groups is 2. The minimum absolute atomic E-state index is 0.0805. The van der Waals surface area contributed by atoms with Gasteiger partial charge in [-0.3, -0.25) is 9.48 Å². The van der Waals surface area contributed by atoms with Crippen molar-refractivity contribution in [3.63, 3.8) is 0 Å². The van der Waals surface area contributed by atoms with E-state index < -0.39 is 18.1 Å². The number of carboxylic acids is 1. The van der Waals surface area contributed by atoms with Gasteiger partial charge in [-0.05, 0) is 22.3 Å². The molecule has 154 valence electrons. The van der Waals surface area contributed by atoms with Gasteiger partial charge in [-0.15, -0.1) is 0 Å². The molecular weight excluding hydrogens is 406 g/mol. The molecule has 0 fully saturated rings. The van der Waals surface area contributed by atoms with Gasteiger partial charge in [0.1, 0.15) is 11.8 Å². The number of rotatable bonds is 6. The zero-order chi connectivity index (χ0) is 21.3. The molecule has 1 atom stereocenters. The molecule has 2 aromatic carbocycles. The number of halogens is 1. The van der Waals surface area contributed by atoms with Crippen LogP contribution in [0.25, 0.3) is 11.1 Å². The molecule has 1 heterocycles. The smallest absolute Gasteiger partial charge is 0.407 e. The van der Waals surface area contributed by atoms with E-state index in [0.717, 1.165) is 22.3 Å². The first-order chi connectivity index (χ1) is 14.5. The molecule has 7 nitrogen and oxygen atoms in total. The van der Waals surface area contributed by atoms with Crippen LogP contribution in [-0.2, 0) is 16.6 Å². The molecule has 4 rings (SSSR count). The van der Waals surface area contributed by atoms with Crippen molar-refractivity contribution >= 4 is 23.7 Å². The van der Waals surface area contributed by atoms with Crippen molar-refractivity contribution < 1.29 is 19.4 Å². The highest BCUT2D eigenvalue weighted by Gasteiger charge is 2.30. The number of hydrogen-bond donors (Lipinski definition) is 2. The van der Waals surface area contributed by atoms with Crippen LogP contribution < -0.4 is 5.32 Å². The number of amides is 1. The van der Waals surface area contributed by atoms with Crippen molar-refractivity contribution in [1.82, 2.24) is 15.1 Å². The number of nitrogens with zero attached hydrogens (tertiary/aromatic N) is 2. The summed E-state index contributed by atoms with van der Waals surface area (Å²) in [6.07, 6.45) is 0.401. The van der Waals surface area contributed by atoms with Crippen molar-refractivity contribution in [1.29, 1.82) is 0 Å². The van der Waals surface area contributed by atoms with Crippen LogP contribution in [0.5, 0.6) is 0 Å². The molecule has 0 radical (unpaired) electrons. The molecule has 0 unspecified atom stereocenters. The van der Waals surface area contributed by atoms with E-state index in [4.69, 9.17) is 16.3 Å². The Kier molecular flexibility index (Phi) is 5.46. The van der Waals surface area contributed by atoms with Crippen LogP contribution in [0, 0.1) is 0 Å². The maximum atomic E-state index is 12.5. The third-order valence-corrected chi connectivity index (χ3v) is 5.75. The molecule has 0 aliphatic heterocycles. The van der Waals surface area contributed by atoms with Crippen molar-refractivity contribution in [2.45, 2.75) is 18.4 Å². The van der Waals surface area contributed by atoms with Crippen LogP contribution in [0.2, 0.25) is 5.15 Å². The van der Waals surface area contributed by atoms with Gasteiger partial charge in [0.2, 0.25) is 0 Å². The van der Waals surface area contributed by atoms with Crippen LogP contribution in [0.4, 0.5) is 4.79 Å². The number of aliphatic carboxylic acids is 1. The first-order valence-corrected chi connectivity index (χ1v) is 9.84. The third-order valence-electron chi connectivity index (χ3n) is 5.28. The maximum Gasteiger partial charge on any atom is 0.407 e. The third kappa shape index (κ3) is 3.76. The van der Waals surface area contributed by atoms with Crippen molar-refractivity contribution in [3.05, 3.63) is 76.6 Å². The summed E-state index contributed by atoms with van der Waals surface area (Å²) in [5.74, 6) is -1.15. The monoisotopic (exact) mass is 425 g/mol. The SMILES string of the molecule is Cn1ncc([C@@H](CC(=O)O)NC(=O)OCC2c3ccccc3-c3ccccc32)c1Cl. The van der Waals surface area contributed by atoms with Crippen LogP contribution in [-0.4, -0.2) is 33.6 Å². The van der Waals surface area contributed by atoms with Crippen LogP contribution in [0.1, 0.15) is 35.1 Å². The van der Waals surface area contributed by atoms with Gasteiger partial charge in [0, 0.05) is 18.5 Å². The molecule has 0 saturated heterocycles. The maximum absolute atomic E-state index is 12.5. The number of benzene rings is 2. The highest BCUT2D eigenvalue weighted by Crippen LogP contribution is 2.44. The summed E-state index contributed by atoms with van der Waals surface area (Å²) in [6, 6.07) is 15.2.